The van der Waals surface area contributed by atoms with E-state index in [2.05, 4.69) is 4.98 Å². The van der Waals surface area contributed by atoms with E-state index in [1.807, 2.05) is 68.4 Å². The summed E-state index contributed by atoms with van der Waals surface area (Å²) in [6.45, 7) is 6.15. The SMILES string of the molecule is CC(=CS(=O)(=O)c1ccc(OCc2cc(C)nc3ccccc23)cc1)c1ccc(C)cc1. The van der Waals surface area contributed by atoms with E-state index in [0.29, 0.717) is 17.9 Å². The largest absolute Gasteiger partial charge is 0.489 e. The minimum absolute atomic E-state index is 0.238. The molecular formula is C27H25NO3S. The number of hydrogen-bond donors (Lipinski definition) is 0. The molecule has 1 heterocycles. The lowest BCUT2D eigenvalue weighted by molar-refractivity contribution is 0.307. The number of ether oxygens (including phenoxy) is 1. The molecule has 0 unspecified atom stereocenters. The van der Waals surface area contributed by atoms with Crippen LogP contribution in [-0.4, -0.2) is 13.4 Å². The number of pyridine rings is 1. The highest BCUT2D eigenvalue weighted by Gasteiger charge is 2.13. The quantitative estimate of drug-likeness (QED) is 0.353. The zero-order valence-electron chi connectivity index (χ0n) is 18.4. The van der Waals surface area contributed by atoms with Gasteiger partial charge >= 0.3 is 0 Å². The molecule has 0 fully saturated rings. The summed E-state index contributed by atoms with van der Waals surface area (Å²) in [7, 11) is -3.56. The van der Waals surface area contributed by atoms with Gasteiger partial charge < -0.3 is 4.74 Å². The van der Waals surface area contributed by atoms with E-state index in [1.54, 1.807) is 31.2 Å². The van der Waals surface area contributed by atoms with E-state index in [0.717, 1.165) is 33.3 Å². The van der Waals surface area contributed by atoms with Crippen LogP contribution in [0.5, 0.6) is 5.75 Å². The van der Waals surface area contributed by atoms with E-state index in [1.165, 1.54) is 5.41 Å². The molecule has 3 aromatic carbocycles. The van der Waals surface area contributed by atoms with Crippen LogP contribution in [0.3, 0.4) is 0 Å². The molecule has 0 bridgehead atoms. The Bertz CT molecular complexity index is 1390. The number of sulfone groups is 1. The summed E-state index contributed by atoms with van der Waals surface area (Å²) in [6, 6.07) is 24.3. The zero-order valence-corrected chi connectivity index (χ0v) is 19.2. The highest BCUT2D eigenvalue weighted by molar-refractivity contribution is 7.94. The van der Waals surface area contributed by atoms with Crippen LogP contribution in [0.2, 0.25) is 0 Å². The van der Waals surface area contributed by atoms with Gasteiger partial charge in [-0.1, -0.05) is 48.0 Å². The Labute approximate surface area is 189 Å². The molecule has 0 saturated carbocycles. The van der Waals surface area contributed by atoms with Gasteiger partial charge in [0.05, 0.1) is 10.4 Å². The lowest BCUT2D eigenvalue weighted by Crippen LogP contribution is -2.00. The molecule has 0 radical (unpaired) electrons. The number of hydrogen-bond acceptors (Lipinski definition) is 4. The molecule has 0 spiro atoms. The molecule has 4 aromatic rings. The van der Waals surface area contributed by atoms with Crippen molar-refractivity contribution in [3.63, 3.8) is 0 Å². The Kier molecular flexibility index (Phi) is 6.10. The first-order chi connectivity index (χ1) is 15.3. The van der Waals surface area contributed by atoms with Gasteiger partial charge in [0.1, 0.15) is 12.4 Å². The standard InChI is InChI=1S/C27H25NO3S/c1-19-8-10-22(11-9-19)20(2)18-32(29,30)25-14-12-24(13-15-25)31-17-23-16-21(3)28-27-7-5-4-6-26(23)27/h4-16,18H,17H2,1-3H3. The van der Waals surface area contributed by atoms with E-state index in [-0.39, 0.29) is 4.90 Å². The van der Waals surface area contributed by atoms with Crippen molar-refractivity contribution in [2.75, 3.05) is 0 Å². The maximum absolute atomic E-state index is 12.8. The predicted molar refractivity (Wildman–Crippen MR) is 129 cm³/mol. The van der Waals surface area contributed by atoms with Crippen molar-refractivity contribution < 1.29 is 13.2 Å². The molecule has 32 heavy (non-hydrogen) atoms. The number of allylic oxidation sites excluding steroid dienone is 1. The highest BCUT2D eigenvalue weighted by atomic mass is 32.2. The Balaban J connectivity index is 1.51. The minimum atomic E-state index is -3.56. The molecule has 0 amide bonds. The molecule has 0 aliphatic carbocycles. The summed E-state index contributed by atoms with van der Waals surface area (Å²) in [5.74, 6) is 0.613. The van der Waals surface area contributed by atoms with Gasteiger partial charge in [0.2, 0.25) is 0 Å². The minimum Gasteiger partial charge on any atom is -0.489 e. The first-order valence-electron chi connectivity index (χ1n) is 10.4. The first kappa shape index (κ1) is 21.8. The van der Waals surface area contributed by atoms with Crippen LogP contribution in [0.4, 0.5) is 0 Å². The lowest BCUT2D eigenvalue weighted by atomic mass is 10.1. The number of benzene rings is 3. The maximum atomic E-state index is 12.8. The normalized spacial score (nSPS) is 12.2. The molecule has 4 rings (SSSR count). The second kappa shape index (κ2) is 8.97. The number of para-hydroxylation sites is 1. The number of nitrogens with zero attached hydrogens (tertiary/aromatic N) is 1. The van der Waals surface area contributed by atoms with Crippen LogP contribution in [0.15, 0.2) is 89.2 Å². The fourth-order valence-electron chi connectivity index (χ4n) is 3.59. The first-order valence-corrected chi connectivity index (χ1v) is 11.9. The van der Waals surface area contributed by atoms with Crippen LogP contribution in [0.1, 0.15) is 29.3 Å². The number of aryl methyl sites for hydroxylation is 2. The third-order valence-corrected chi connectivity index (χ3v) is 6.91. The molecule has 0 aliphatic rings. The van der Waals surface area contributed by atoms with Crippen molar-refractivity contribution in [1.82, 2.24) is 4.98 Å². The second-order valence-corrected chi connectivity index (χ2v) is 9.71. The maximum Gasteiger partial charge on any atom is 0.200 e. The van der Waals surface area contributed by atoms with Crippen LogP contribution in [-0.2, 0) is 16.4 Å². The average molecular weight is 444 g/mol. The average Bonchev–Trinajstić information content (AvgIpc) is 2.77. The van der Waals surface area contributed by atoms with Gasteiger partial charge in [0.15, 0.2) is 9.84 Å². The lowest BCUT2D eigenvalue weighted by Gasteiger charge is -2.10. The molecular weight excluding hydrogens is 418 g/mol. The van der Waals surface area contributed by atoms with E-state index >= 15 is 0 Å². The van der Waals surface area contributed by atoms with Gasteiger partial charge in [-0.3, -0.25) is 4.98 Å². The van der Waals surface area contributed by atoms with Gasteiger partial charge in [-0.05, 0) is 68.3 Å². The molecule has 0 saturated heterocycles. The van der Waals surface area contributed by atoms with Gasteiger partial charge in [-0.2, -0.15) is 0 Å². The van der Waals surface area contributed by atoms with Gasteiger partial charge in [-0.15, -0.1) is 0 Å². The van der Waals surface area contributed by atoms with Gasteiger partial charge in [0.25, 0.3) is 0 Å². The van der Waals surface area contributed by atoms with Crippen molar-refractivity contribution in [3.8, 4) is 5.75 Å². The van der Waals surface area contributed by atoms with Gasteiger partial charge in [-0.25, -0.2) is 8.42 Å². The molecule has 4 nitrogen and oxygen atoms in total. The van der Waals surface area contributed by atoms with E-state index in [4.69, 9.17) is 4.74 Å². The Morgan fingerprint density at radius 1 is 0.938 bits per heavy atom. The van der Waals surface area contributed by atoms with Crippen LogP contribution >= 0.6 is 0 Å². The Morgan fingerprint density at radius 3 is 2.34 bits per heavy atom. The number of rotatable bonds is 6. The number of fused-ring (bicyclic) bond motifs is 1. The van der Waals surface area contributed by atoms with Crippen molar-refractivity contribution in [3.05, 3.63) is 107 Å². The fraction of sp³-hybridized carbons (Fsp3) is 0.148. The van der Waals surface area contributed by atoms with Crippen LogP contribution in [0.25, 0.3) is 16.5 Å². The summed E-state index contributed by atoms with van der Waals surface area (Å²) in [4.78, 5) is 4.79. The third kappa shape index (κ3) is 4.89. The summed E-state index contributed by atoms with van der Waals surface area (Å²) >= 11 is 0. The van der Waals surface area contributed by atoms with Crippen molar-refractivity contribution in [2.45, 2.75) is 32.3 Å². The summed E-state index contributed by atoms with van der Waals surface area (Å²) in [5, 5.41) is 2.37. The summed E-state index contributed by atoms with van der Waals surface area (Å²) in [6.07, 6.45) is 0. The summed E-state index contributed by atoms with van der Waals surface area (Å²) < 4.78 is 31.6. The van der Waals surface area contributed by atoms with Gasteiger partial charge in [0, 0.05) is 22.1 Å². The highest BCUT2D eigenvalue weighted by Crippen LogP contribution is 2.24. The molecule has 0 atom stereocenters. The van der Waals surface area contributed by atoms with Crippen molar-refractivity contribution in [2.24, 2.45) is 0 Å². The Morgan fingerprint density at radius 2 is 1.62 bits per heavy atom. The molecule has 0 aliphatic heterocycles. The topological polar surface area (TPSA) is 56.3 Å². The van der Waals surface area contributed by atoms with E-state index < -0.39 is 9.84 Å². The monoisotopic (exact) mass is 443 g/mol. The zero-order chi connectivity index (χ0) is 22.7. The molecule has 162 valence electrons. The second-order valence-electron chi connectivity index (χ2n) is 7.91. The van der Waals surface area contributed by atoms with Crippen LogP contribution < -0.4 is 4.74 Å². The Hall–Kier alpha value is -3.44. The molecule has 5 heteroatoms. The van der Waals surface area contributed by atoms with E-state index in [9.17, 15) is 8.42 Å². The van der Waals surface area contributed by atoms with Crippen molar-refractivity contribution >= 4 is 26.3 Å². The smallest absolute Gasteiger partial charge is 0.200 e. The summed E-state index contributed by atoms with van der Waals surface area (Å²) in [5.41, 5.74) is 5.63. The predicted octanol–water partition coefficient (Wildman–Crippen LogP) is 6.27. The molecule has 0 N–H and O–H groups in total. The third-order valence-electron chi connectivity index (χ3n) is 5.32. The number of aromatic nitrogens is 1. The fourth-order valence-corrected chi connectivity index (χ4v) is 4.84. The molecule has 1 aromatic heterocycles. The van der Waals surface area contributed by atoms with Crippen LogP contribution in [0, 0.1) is 13.8 Å². The van der Waals surface area contributed by atoms with Crippen molar-refractivity contribution in [1.29, 1.82) is 0 Å².